The van der Waals surface area contributed by atoms with Crippen molar-refractivity contribution in [3.63, 3.8) is 0 Å². The first kappa shape index (κ1) is 32.6. The van der Waals surface area contributed by atoms with Crippen LogP contribution in [-0.4, -0.2) is 53.1 Å². The molecule has 12 heteroatoms. The highest BCUT2D eigenvalue weighted by atomic mass is 16.3. The van der Waals surface area contributed by atoms with Gasteiger partial charge in [-0.3, -0.25) is 28.8 Å². The van der Waals surface area contributed by atoms with E-state index in [0.717, 1.165) is 11.8 Å². The average Bonchev–Trinajstić information content (AvgIpc) is 3.37. The van der Waals surface area contributed by atoms with E-state index < -0.39 is 35.1 Å². The fraction of sp³-hybridized carbons (Fsp3) is 0.471. The van der Waals surface area contributed by atoms with Crippen molar-refractivity contribution < 1.29 is 28.4 Å². The Morgan fingerprint density at radius 2 is 1.80 bits per heavy atom. The Hall–Kier alpha value is -4.74. The molecule has 3 fully saturated rings. The zero-order chi connectivity index (χ0) is 33.3. The summed E-state index contributed by atoms with van der Waals surface area (Å²) in [7, 11) is 1.32. The molecule has 4 amide bonds. The molecular weight excluding hydrogens is 590 g/mol. The maximum atomic E-state index is 13.5. The zero-order valence-electron chi connectivity index (χ0n) is 26.8. The normalized spacial score (nSPS) is 21.8. The lowest BCUT2D eigenvalue weighted by Gasteiger charge is -2.62. The molecule has 2 bridgehead atoms. The van der Waals surface area contributed by atoms with Gasteiger partial charge in [-0.2, -0.15) is 0 Å². The van der Waals surface area contributed by atoms with Crippen LogP contribution in [0.2, 0.25) is 0 Å². The van der Waals surface area contributed by atoms with Gasteiger partial charge in [0.2, 0.25) is 17.6 Å². The van der Waals surface area contributed by atoms with E-state index in [-0.39, 0.29) is 48.2 Å². The Bertz CT molecular complexity index is 1760. The largest absolute Gasteiger partial charge is 0.451 e. The second-order valence-corrected chi connectivity index (χ2v) is 13.1. The molecular formula is C34H41N5O7. The Morgan fingerprint density at radius 1 is 1.07 bits per heavy atom. The van der Waals surface area contributed by atoms with Crippen LogP contribution in [0, 0.1) is 30.1 Å². The minimum absolute atomic E-state index is 0.00198. The fourth-order valence-electron chi connectivity index (χ4n) is 7.14. The highest BCUT2D eigenvalue weighted by molar-refractivity contribution is 6.36. The molecule has 3 aliphatic carbocycles. The molecule has 3 aliphatic rings. The standard InChI is InChI=1S/C34H41N5O7/c1-18-21-9-6-7-11-27(21)46-29(18)32(44)37-23(12-13-26(40)31(43)35-5)30(42)38-24-10-8-14-39(33(24)45)17-28(41)36-25-16-20-15-22(19(25)2)34(20,3)4/h6-11,14,19-20,22-23,25H,12-13,15-17H2,1-5H3,(H,35,43)(H,36,41)(H,37,44)(H,38,42)/t19-,20+,22-,23+,25-/m1/s1. The highest BCUT2D eigenvalue weighted by Gasteiger charge is 2.56. The molecule has 3 aromatic rings. The van der Waals surface area contributed by atoms with Gasteiger partial charge in [-0.15, -0.1) is 0 Å². The number of ketones is 1. The minimum Gasteiger partial charge on any atom is -0.451 e. The van der Waals surface area contributed by atoms with Gasteiger partial charge in [0.25, 0.3) is 17.4 Å². The van der Waals surface area contributed by atoms with Crippen LogP contribution in [0.3, 0.4) is 0 Å². The van der Waals surface area contributed by atoms with Crippen LogP contribution in [-0.2, 0) is 25.7 Å². The molecule has 5 atom stereocenters. The van der Waals surface area contributed by atoms with E-state index >= 15 is 0 Å². The smallest absolute Gasteiger partial charge is 0.287 e. The van der Waals surface area contributed by atoms with Crippen molar-refractivity contribution >= 4 is 46.1 Å². The summed E-state index contributed by atoms with van der Waals surface area (Å²) in [6.07, 6.45) is 3.00. The van der Waals surface area contributed by atoms with E-state index in [1.54, 1.807) is 25.1 Å². The van der Waals surface area contributed by atoms with E-state index in [1.165, 1.54) is 36.4 Å². The summed E-state index contributed by atoms with van der Waals surface area (Å²) in [6.45, 7) is 8.23. The number of carbonyl (C=O) groups is 5. The zero-order valence-corrected chi connectivity index (χ0v) is 26.8. The van der Waals surface area contributed by atoms with E-state index in [4.69, 9.17) is 4.42 Å². The van der Waals surface area contributed by atoms with Gasteiger partial charge in [-0.25, -0.2) is 0 Å². The number of likely N-dealkylation sites (N-methyl/N-ethyl adjacent to an activating group) is 1. The van der Waals surface area contributed by atoms with Crippen LogP contribution < -0.4 is 26.8 Å². The number of amides is 4. The minimum atomic E-state index is -1.30. The van der Waals surface area contributed by atoms with Gasteiger partial charge in [0.15, 0.2) is 5.76 Å². The van der Waals surface area contributed by atoms with Crippen molar-refractivity contribution in [2.45, 2.75) is 72.0 Å². The predicted molar refractivity (Wildman–Crippen MR) is 171 cm³/mol. The van der Waals surface area contributed by atoms with Crippen molar-refractivity contribution in [2.24, 2.45) is 23.2 Å². The van der Waals surface area contributed by atoms with Crippen LogP contribution in [0.5, 0.6) is 0 Å². The fourth-order valence-corrected chi connectivity index (χ4v) is 7.14. The molecule has 46 heavy (non-hydrogen) atoms. The molecule has 0 radical (unpaired) electrons. The summed E-state index contributed by atoms with van der Waals surface area (Å²) in [5, 5.41) is 11.2. The summed E-state index contributed by atoms with van der Waals surface area (Å²) in [5.41, 5.74) is 0.634. The molecule has 0 aliphatic heterocycles. The lowest BCUT2D eigenvalue weighted by atomic mass is 9.45. The van der Waals surface area contributed by atoms with Crippen LogP contribution >= 0.6 is 0 Å². The van der Waals surface area contributed by atoms with Gasteiger partial charge in [-0.1, -0.05) is 39.0 Å². The first-order chi connectivity index (χ1) is 21.8. The summed E-state index contributed by atoms with van der Waals surface area (Å²) in [5.74, 6) is -1.91. The number of hydrogen-bond acceptors (Lipinski definition) is 7. The number of fused-ring (bicyclic) bond motifs is 3. The lowest BCUT2D eigenvalue weighted by molar-refractivity contribution is -0.137. The summed E-state index contributed by atoms with van der Waals surface area (Å²) in [4.78, 5) is 77.1. The summed E-state index contributed by atoms with van der Waals surface area (Å²) < 4.78 is 6.94. The second-order valence-electron chi connectivity index (χ2n) is 13.1. The van der Waals surface area contributed by atoms with Crippen molar-refractivity contribution in [1.29, 1.82) is 0 Å². The number of hydrogen-bond donors (Lipinski definition) is 4. The molecule has 0 spiro atoms. The molecule has 0 saturated heterocycles. The van der Waals surface area contributed by atoms with Crippen LogP contribution in [0.25, 0.3) is 11.0 Å². The number of aryl methyl sites for hydroxylation is 1. The summed E-state index contributed by atoms with van der Waals surface area (Å²) >= 11 is 0. The van der Waals surface area contributed by atoms with E-state index in [0.29, 0.717) is 28.9 Å². The molecule has 244 valence electrons. The lowest BCUT2D eigenvalue weighted by Crippen LogP contribution is -2.60. The summed E-state index contributed by atoms with van der Waals surface area (Å²) in [6, 6.07) is 8.76. The predicted octanol–water partition coefficient (Wildman–Crippen LogP) is 2.92. The first-order valence-electron chi connectivity index (χ1n) is 15.6. The van der Waals surface area contributed by atoms with E-state index in [9.17, 15) is 28.8 Å². The molecule has 2 heterocycles. The van der Waals surface area contributed by atoms with Crippen molar-refractivity contribution in [3.8, 4) is 0 Å². The Labute approximate surface area is 266 Å². The number of carbonyl (C=O) groups excluding carboxylic acids is 5. The third-order valence-electron chi connectivity index (χ3n) is 10.1. The number of nitrogens with zero attached hydrogens (tertiary/aromatic N) is 1. The Morgan fingerprint density at radius 3 is 2.48 bits per heavy atom. The van der Waals surface area contributed by atoms with Crippen LogP contribution in [0.4, 0.5) is 5.69 Å². The Balaban J connectivity index is 1.28. The number of para-hydroxylation sites is 1. The monoisotopic (exact) mass is 631 g/mol. The number of rotatable bonds is 11. The number of aromatic nitrogens is 1. The molecule has 3 saturated carbocycles. The molecule has 6 rings (SSSR count). The van der Waals surface area contributed by atoms with E-state index in [2.05, 4.69) is 42.0 Å². The van der Waals surface area contributed by atoms with Crippen molar-refractivity contribution in [2.75, 3.05) is 12.4 Å². The maximum absolute atomic E-state index is 13.5. The first-order valence-corrected chi connectivity index (χ1v) is 15.6. The number of nitrogens with one attached hydrogen (secondary N) is 4. The molecule has 1 aromatic carbocycles. The van der Waals surface area contributed by atoms with Gasteiger partial charge in [-0.05, 0) is 67.6 Å². The number of benzene rings is 1. The Kier molecular flexibility index (Phi) is 9.18. The van der Waals surface area contributed by atoms with Gasteiger partial charge >= 0.3 is 0 Å². The topological polar surface area (TPSA) is 169 Å². The number of furan rings is 1. The third kappa shape index (κ3) is 6.33. The van der Waals surface area contributed by atoms with Crippen molar-refractivity contribution in [1.82, 2.24) is 20.5 Å². The maximum Gasteiger partial charge on any atom is 0.287 e. The average molecular weight is 632 g/mol. The molecule has 4 N–H and O–H groups in total. The second kappa shape index (κ2) is 12.9. The third-order valence-corrected chi connectivity index (χ3v) is 10.1. The number of Topliss-reactive ketones (excluding diaryl/α,β-unsaturated/α-hetero) is 1. The highest BCUT2D eigenvalue weighted by Crippen LogP contribution is 2.61. The van der Waals surface area contributed by atoms with Gasteiger partial charge < -0.3 is 30.3 Å². The molecule has 12 nitrogen and oxygen atoms in total. The van der Waals surface area contributed by atoms with Gasteiger partial charge in [0, 0.05) is 36.7 Å². The molecule has 2 aromatic heterocycles. The van der Waals surface area contributed by atoms with E-state index in [1.807, 2.05) is 6.07 Å². The molecule has 0 unspecified atom stereocenters. The number of anilines is 1. The quantitative estimate of drug-likeness (QED) is 0.236. The van der Waals surface area contributed by atoms with Crippen LogP contribution in [0.15, 0.2) is 51.8 Å². The van der Waals surface area contributed by atoms with Crippen LogP contribution in [0.1, 0.15) is 62.6 Å². The van der Waals surface area contributed by atoms with Crippen molar-refractivity contribution in [3.05, 3.63) is 64.3 Å². The number of pyridine rings is 1. The SMILES string of the molecule is CNC(=O)C(=O)CC[C@H](NC(=O)c1oc2ccccc2c1C)C(=O)Nc1cccn(CC(=O)N[C@@H]2C[C@@H]3C[C@H]([C@H]2C)C3(C)C)c1=O. The van der Waals surface area contributed by atoms with Gasteiger partial charge in [0.05, 0.1) is 0 Å². The van der Waals surface area contributed by atoms with Gasteiger partial charge in [0.1, 0.15) is 23.9 Å².